The summed E-state index contributed by atoms with van der Waals surface area (Å²) in [5.41, 5.74) is 1.76. The Hall–Kier alpha value is -3.25. The highest BCUT2D eigenvalue weighted by atomic mass is 32.1. The number of benzene rings is 2. The molecule has 1 aromatic heterocycles. The van der Waals surface area contributed by atoms with E-state index in [1.165, 1.54) is 17.4 Å². The van der Waals surface area contributed by atoms with Crippen molar-refractivity contribution in [3.63, 3.8) is 0 Å². The molecule has 0 aliphatic rings. The van der Waals surface area contributed by atoms with Crippen molar-refractivity contribution in [3.8, 4) is 0 Å². The Morgan fingerprint density at radius 1 is 1.12 bits per heavy atom. The summed E-state index contributed by atoms with van der Waals surface area (Å²) in [4.78, 5) is 28.8. The van der Waals surface area contributed by atoms with Crippen LogP contribution in [0, 0.1) is 0 Å². The minimum Gasteiger partial charge on any atom is -0.349 e. The molecule has 0 saturated carbocycles. The van der Waals surface area contributed by atoms with Crippen LogP contribution in [0.5, 0.6) is 0 Å². The maximum atomic E-state index is 12.2. The van der Waals surface area contributed by atoms with Crippen LogP contribution in [0.2, 0.25) is 0 Å². The minimum atomic E-state index is -0.326. The highest BCUT2D eigenvalue weighted by Crippen LogP contribution is 2.22. The van der Waals surface area contributed by atoms with Gasteiger partial charge in [-0.1, -0.05) is 30.3 Å². The number of rotatable bonds is 6. The number of amides is 2. The second-order valence-corrected chi connectivity index (χ2v) is 6.45. The van der Waals surface area contributed by atoms with Gasteiger partial charge in [0.05, 0.1) is 21.5 Å². The quantitative estimate of drug-likeness (QED) is 0.516. The van der Waals surface area contributed by atoms with Gasteiger partial charge in [0.2, 0.25) is 5.91 Å². The molecule has 130 valence electrons. The summed E-state index contributed by atoms with van der Waals surface area (Å²) in [6.07, 6.45) is 4.68. The zero-order valence-electron chi connectivity index (χ0n) is 13.9. The molecule has 2 amide bonds. The first-order valence-electron chi connectivity index (χ1n) is 8.00. The second-order valence-electron chi connectivity index (χ2n) is 5.39. The fraction of sp³-hybridized carbons (Fsp3) is 0.0500. The lowest BCUT2D eigenvalue weighted by molar-refractivity contribution is -0.111. The third-order valence-electron chi connectivity index (χ3n) is 3.52. The van der Waals surface area contributed by atoms with Crippen LogP contribution in [0.15, 0.2) is 67.3 Å². The van der Waals surface area contributed by atoms with E-state index in [-0.39, 0.29) is 11.8 Å². The van der Waals surface area contributed by atoms with E-state index in [0.717, 1.165) is 15.2 Å². The molecule has 0 unspecified atom stereocenters. The Labute approximate surface area is 155 Å². The Bertz CT molecular complexity index is 958. The highest BCUT2D eigenvalue weighted by Gasteiger charge is 2.11. The van der Waals surface area contributed by atoms with Crippen molar-refractivity contribution >= 4 is 45.1 Å². The van der Waals surface area contributed by atoms with E-state index in [9.17, 15) is 9.59 Å². The standard InChI is InChI=1S/C20H17N3O2S/c1-2-13-21-20(25)14-7-3-4-8-15(14)22-18(24)11-12-19-23-16-9-5-6-10-17(16)26-19/h2-12H,1,13H2,(H,21,25)(H,22,24)/b12-11+. The maximum absolute atomic E-state index is 12.2. The molecule has 0 bridgehead atoms. The fourth-order valence-corrected chi connectivity index (χ4v) is 3.20. The van der Waals surface area contributed by atoms with Crippen LogP contribution >= 0.6 is 11.3 Å². The summed E-state index contributed by atoms with van der Waals surface area (Å²) in [7, 11) is 0. The van der Waals surface area contributed by atoms with Gasteiger partial charge in [-0.2, -0.15) is 0 Å². The number of anilines is 1. The summed E-state index contributed by atoms with van der Waals surface area (Å²) in [5.74, 6) is -0.593. The number of fused-ring (bicyclic) bond motifs is 1. The molecule has 0 spiro atoms. The van der Waals surface area contributed by atoms with Crippen LogP contribution in [0.4, 0.5) is 5.69 Å². The van der Waals surface area contributed by atoms with Gasteiger partial charge < -0.3 is 10.6 Å². The Morgan fingerprint density at radius 3 is 2.69 bits per heavy atom. The molecule has 6 heteroatoms. The SMILES string of the molecule is C=CCNC(=O)c1ccccc1NC(=O)/C=C/c1nc2ccccc2s1. The molecule has 3 aromatic rings. The Morgan fingerprint density at radius 2 is 1.88 bits per heavy atom. The summed E-state index contributed by atoms with van der Waals surface area (Å²) >= 11 is 1.51. The number of carbonyl (C=O) groups excluding carboxylic acids is 2. The summed E-state index contributed by atoms with van der Waals surface area (Å²) in [5, 5.41) is 6.19. The highest BCUT2D eigenvalue weighted by molar-refractivity contribution is 7.19. The normalized spacial score (nSPS) is 10.8. The number of nitrogens with one attached hydrogen (secondary N) is 2. The van der Waals surface area contributed by atoms with E-state index in [2.05, 4.69) is 22.2 Å². The van der Waals surface area contributed by atoms with Gasteiger partial charge in [-0.15, -0.1) is 17.9 Å². The van der Waals surface area contributed by atoms with Crippen LogP contribution in [-0.2, 0) is 4.79 Å². The molecule has 0 radical (unpaired) electrons. The molecular formula is C20H17N3O2S. The first-order chi connectivity index (χ1) is 12.7. The van der Waals surface area contributed by atoms with Crippen LogP contribution in [0.25, 0.3) is 16.3 Å². The first-order valence-corrected chi connectivity index (χ1v) is 8.82. The lowest BCUT2D eigenvalue weighted by Crippen LogP contribution is -2.24. The van der Waals surface area contributed by atoms with Crippen molar-refractivity contribution in [1.82, 2.24) is 10.3 Å². The molecule has 26 heavy (non-hydrogen) atoms. The monoisotopic (exact) mass is 363 g/mol. The number of thiazole rings is 1. The van der Waals surface area contributed by atoms with Gasteiger partial charge >= 0.3 is 0 Å². The molecule has 1 heterocycles. The van der Waals surface area contributed by atoms with Crippen molar-refractivity contribution < 1.29 is 9.59 Å². The smallest absolute Gasteiger partial charge is 0.253 e. The van der Waals surface area contributed by atoms with Gasteiger partial charge in [-0.3, -0.25) is 9.59 Å². The lowest BCUT2D eigenvalue weighted by atomic mass is 10.1. The zero-order valence-corrected chi connectivity index (χ0v) is 14.8. The van der Waals surface area contributed by atoms with Gasteiger partial charge in [0.15, 0.2) is 0 Å². The molecule has 0 atom stereocenters. The second kappa shape index (κ2) is 8.22. The fourth-order valence-electron chi connectivity index (χ4n) is 2.33. The molecule has 0 aliphatic heterocycles. The number of carbonyl (C=O) groups is 2. The Kier molecular flexibility index (Phi) is 5.56. The van der Waals surface area contributed by atoms with Crippen molar-refractivity contribution in [2.75, 3.05) is 11.9 Å². The zero-order chi connectivity index (χ0) is 18.4. The van der Waals surface area contributed by atoms with Crippen LogP contribution < -0.4 is 10.6 Å². The van der Waals surface area contributed by atoms with Crippen LogP contribution in [0.3, 0.4) is 0 Å². The van der Waals surface area contributed by atoms with E-state index in [0.29, 0.717) is 17.8 Å². The molecule has 2 N–H and O–H groups in total. The molecule has 0 saturated heterocycles. The summed E-state index contributed by atoms with van der Waals surface area (Å²) in [6, 6.07) is 14.7. The van der Waals surface area contributed by atoms with Gasteiger partial charge in [-0.25, -0.2) is 4.98 Å². The number of hydrogen-bond acceptors (Lipinski definition) is 4. The van der Waals surface area contributed by atoms with E-state index < -0.39 is 0 Å². The molecule has 0 aliphatic carbocycles. The third-order valence-corrected chi connectivity index (χ3v) is 4.53. The number of hydrogen-bond donors (Lipinski definition) is 2. The van der Waals surface area contributed by atoms with E-state index in [4.69, 9.17) is 0 Å². The number of aromatic nitrogens is 1. The maximum Gasteiger partial charge on any atom is 0.253 e. The Balaban J connectivity index is 1.71. The van der Waals surface area contributed by atoms with Gasteiger partial charge in [0.25, 0.3) is 5.91 Å². The molecule has 3 rings (SSSR count). The molecule has 2 aromatic carbocycles. The van der Waals surface area contributed by atoms with Crippen molar-refractivity contribution in [2.24, 2.45) is 0 Å². The first kappa shape index (κ1) is 17.6. The van der Waals surface area contributed by atoms with Crippen LogP contribution in [-0.4, -0.2) is 23.3 Å². The number of nitrogens with zero attached hydrogens (tertiary/aromatic N) is 1. The van der Waals surface area contributed by atoms with Gasteiger partial charge in [0.1, 0.15) is 5.01 Å². The predicted octanol–water partition coefficient (Wildman–Crippen LogP) is 3.86. The lowest BCUT2D eigenvalue weighted by Gasteiger charge is -2.09. The average Bonchev–Trinajstić information content (AvgIpc) is 3.08. The topological polar surface area (TPSA) is 71.1 Å². The van der Waals surface area contributed by atoms with E-state index in [1.807, 2.05) is 24.3 Å². The molecule has 5 nitrogen and oxygen atoms in total. The van der Waals surface area contributed by atoms with Crippen molar-refractivity contribution in [2.45, 2.75) is 0 Å². The molecule has 0 fully saturated rings. The predicted molar refractivity (Wildman–Crippen MR) is 106 cm³/mol. The van der Waals surface area contributed by atoms with E-state index >= 15 is 0 Å². The average molecular weight is 363 g/mol. The van der Waals surface area contributed by atoms with Crippen LogP contribution in [0.1, 0.15) is 15.4 Å². The molecular weight excluding hydrogens is 346 g/mol. The van der Waals surface area contributed by atoms with Gasteiger partial charge in [0, 0.05) is 12.6 Å². The van der Waals surface area contributed by atoms with E-state index in [1.54, 1.807) is 36.4 Å². The van der Waals surface area contributed by atoms with Crippen molar-refractivity contribution in [1.29, 1.82) is 0 Å². The summed E-state index contributed by atoms with van der Waals surface area (Å²) < 4.78 is 1.07. The minimum absolute atomic E-state index is 0.268. The van der Waals surface area contributed by atoms with Crippen molar-refractivity contribution in [3.05, 3.63) is 77.8 Å². The number of para-hydroxylation sites is 2. The third kappa shape index (κ3) is 4.23. The van der Waals surface area contributed by atoms with Gasteiger partial charge in [-0.05, 0) is 30.3 Å². The largest absolute Gasteiger partial charge is 0.349 e. The summed E-state index contributed by atoms with van der Waals surface area (Å²) in [6.45, 7) is 3.93.